The van der Waals surface area contributed by atoms with Crippen molar-refractivity contribution in [2.75, 3.05) is 13.7 Å². The molecule has 0 bridgehead atoms. The molecule has 2 rings (SSSR count). The Morgan fingerprint density at radius 2 is 2.30 bits per heavy atom. The van der Waals surface area contributed by atoms with Crippen molar-refractivity contribution in [3.8, 4) is 0 Å². The summed E-state index contributed by atoms with van der Waals surface area (Å²) in [6.45, 7) is 0.928. The number of esters is 1. The molecule has 0 amide bonds. The van der Waals surface area contributed by atoms with Crippen LogP contribution < -0.4 is 0 Å². The third-order valence-corrected chi connectivity index (χ3v) is 2.14. The predicted molar refractivity (Wildman–Crippen MR) is 35.5 cm³/mol. The van der Waals surface area contributed by atoms with Crippen molar-refractivity contribution < 1.29 is 9.53 Å². The van der Waals surface area contributed by atoms with E-state index in [0.29, 0.717) is 6.04 Å². The van der Waals surface area contributed by atoms with Crippen molar-refractivity contribution in [1.29, 1.82) is 0 Å². The molecule has 3 nitrogen and oxygen atoms in total. The maximum absolute atomic E-state index is 10.9. The van der Waals surface area contributed by atoms with Crippen molar-refractivity contribution in [2.24, 2.45) is 0 Å². The second kappa shape index (κ2) is 1.95. The molecule has 2 aliphatic rings. The Labute approximate surface area is 60.0 Å². The van der Waals surface area contributed by atoms with Crippen LogP contribution in [0.5, 0.6) is 0 Å². The van der Waals surface area contributed by atoms with Gasteiger partial charge in [0, 0.05) is 12.6 Å². The lowest BCUT2D eigenvalue weighted by Gasteiger charge is -1.97. The van der Waals surface area contributed by atoms with Crippen LogP contribution in [0.2, 0.25) is 0 Å². The summed E-state index contributed by atoms with van der Waals surface area (Å²) in [5, 5.41) is 0. The Kier molecular flexibility index (Phi) is 1.20. The van der Waals surface area contributed by atoms with Crippen LogP contribution in [0.15, 0.2) is 0 Å². The Morgan fingerprint density at radius 1 is 1.60 bits per heavy atom. The van der Waals surface area contributed by atoms with E-state index in [1.54, 1.807) is 0 Å². The van der Waals surface area contributed by atoms with Crippen molar-refractivity contribution in [3.63, 3.8) is 0 Å². The van der Waals surface area contributed by atoms with Crippen LogP contribution in [0.4, 0.5) is 0 Å². The molecular formula is C7H11NO2. The van der Waals surface area contributed by atoms with Crippen LogP contribution in [-0.4, -0.2) is 36.6 Å². The van der Waals surface area contributed by atoms with Crippen LogP contribution in [0, 0.1) is 0 Å². The molecule has 2 atom stereocenters. The first kappa shape index (κ1) is 6.16. The average molecular weight is 141 g/mol. The first-order valence-corrected chi connectivity index (χ1v) is 3.66. The largest absolute Gasteiger partial charge is 0.468 e. The lowest BCUT2D eigenvalue weighted by molar-refractivity contribution is -0.140. The SMILES string of the molecule is COC(=O)C1CN1C1CC1. The quantitative estimate of drug-likeness (QED) is 0.400. The van der Waals surface area contributed by atoms with Gasteiger partial charge in [-0.25, -0.2) is 0 Å². The first-order valence-electron chi connectivity index (χ1n) is 3.66. The normalized spacial score (nSPS) is 37.3. The molecule has 2 unspecified atom stereocenters. The lowest BCUT2D eigenvalue weighted by Crippen LogP contribution is -2.15. The maximum atomic E-state index is 10.9. The van der Waals surface area contributed by atoms with E-state index in [1.165, 1.54) is 20.0 Å². The fourth-order valence-corrected chi connectivity index (χ4v) is 1.31. The molecule has 2 fully saturated rings. The van der Waals surface area contributed by atoms with Crippen molar-refractivity contribution in [3.05, 3.63) is 0 Å². The van der Waals surface area contributed by atoms with E-state index < -0.39 is 0 Å². The van der Waals surface area contributed by atoms with Crippen molar-refractivity contribution in [2.45, 2.75) is 24.9 Å². The molecule has 0 radical (unpaired) electrons. The monoisotopic (exact) mass is 141 g/mol. The van der Waals surface area contributed by atoms with Crippen LogP contribution >= 0.6 is 0 Å². The minimum absolute atomic E-state index is 0.0631. The van der Waals surface area contributed by atoms with Gasteiger partial charge in [0.05, 0.1) is 7.11 Å². The topological polar surface area (TPSA) is 29.3 Å². The van der Waals surface area contributed by atoms with Gasteiger partial charge in [-0.15, -0.1) is 0 Å². The summed E-state index contributed by atoms with van der Waals surface area (Å²) in [7, 11) is 1.45. The molecule has 3 heteroatoms. The molecule has 1 saturated carbocycles. The lowest BCUT2D eigenvalue weighted by atomic mass is 10.5. The van der Waals surface area contributed by atoms with Gasteiger partial charge in [-0.1, -0.05) is 0 Å². The Hall–Kier alpha value is -0.570. The van der Waals surface area contributed by atoms with E-state index in [9.17, 15) is 4.79 Å². The first-order chi connectivity index (χ1) is 4.83. The van der Waals surface area contributed by atoms with E-state index >= 15 is 0 Å². The zero-order chi connectivity index (χ0) is 7.14. The number of nitrogens with zero attached hydrogens (tertiary/aromatic N) is 1. The molecule has 1 saturated heterocycles. The molecule has 56 valence electrons. The third kappa shape index (κ3) is 0.904. The second-order valence-corrected chi connectivity index (χ2v) is 2.97. The standard InChI is InChI=1S/C7H11NO2/c1-10-7(9)6-4-8(6)5-2-3-5/h5-6H,2-4H2,1H3. The summed E-state index contributed by atoms with van der Waals surface area (Å²) >= 11 is 0. The molecule has 1 aliphatic carbocycles. The molecule has 0 spiro atoms. The summed E-state index contributed by atoms with van der Waals surface area (Å²) in [6.07, 6.45) is 2.54. The number of methoxy groups -OCH3 is 1. The predicted octanol–water partition coefficient (Wildman–Crippen LogP) is 0.00600. The highest BCUT2D eigenvalue weighted by molar-refractivity contribution is 5.79. The molecule has 1 aliphatic heterocycles. The van der Waals surface area contributed by atoms with Gasteiger partial charge in [0.2, 0.25) is 0 Å². The van der Waals surface area contributed by atoms with Crippen molar-refractivity contribution in [1.82, 2.24) is 4.90 Å². The number of carbonyl (C=O) groups excluding carboxylic acids is 1. The average Bonchev–Trinajstić information content (AvgIpc) is 2.74. The van der Waals surface area contributed by atoms with Gasteiger partial charge >= 0.3 is 5.97 Å². The van der Waals surface area contributed by atoms with Crippen LogP contribution in [-0.2, 0) is 9.53 Å². The Morgan fingerprint density at radius 3 is 2.80 bits per heavy atom. The van der Waals surface area contributed by atoms with Gasteiger partial charge < -0.3 is 4.74 Å². The number of hydrogen-bond donors (Lipinski definition) is 0. The van der Waals surface area contributed by atoms with Gasteiger partial charge in [0.25, 0.3) is 0 Å². The van der Waals surface area contributed by atoms with Crippen LogP contribution in [0.1, 0.15) is 12.8 Å². The van der Waals surface area contributed by atoms with Gasteiger partial charge in [-0.05, 0) is 12.8 Å². The molecule has 0 N–H and O–H groups in total. The fourth-order valence-electron chi connectivity index (χ4n) is 1.31. The number of carbonyl (C=O) groups is 1. The summed E-state index contributed by atoms with van der Waals surface area (Å²) < 4.78 is 4.60. The van der Waals surface area contributed by atoms with E-state index in [0.717, 1.165) is 6.54 Å². The number of ether oxygens (including phenoxy) is 1. The highest BCUT2D eigenvalue weighted by Crippen LogP contribution is 2.36. The smallest absolute Gasteiger partial charge is 0.324 e. The molecule has 0 aromatic rings. The van der Waals surface area contributed by atoms with Crippen LogP contribution in [0.25, 0.3) is 0 Å². The summed E-state index contributed by atoms with van der Waals surface area (Å²) in [5.74, 6) is -0.0631. The van der Waals surface area contributed by atoms with Gasteiger partial charge in [0.15, 0.2) is 0 Å². The third-order valence-electron chi connectivity index (χ3n) is 2.14. The van der Waals surface area contributed by atoms with E-state index in [1.807, 2.05) is 0 Å². The molecule has 1 heterocycles. The molecular weight excluding hydrogens is 130 g/mol. The summed E-state index contributed by atoms with van der Waals surface area (Å²) in [4.78, 5) is 13.1. The number of rotatable bonds is 2. The van der Waals surface area contributed by atoms with Gasteiger partial charge in [-0.2, -0.15) is 0 Å². The summed E-state index contributed by atoms with van der Waals surface area (Å²) in [6, 6.07) is 0.821. The Balaban J connectivity index is 1.82. The van der Waals surface area contributed by atoms with E-state index in [-0.39, 0.29) is 12.0 Å². The highest BCUT2D eigenvalue weighted by Gasteiger charge is 2.49. The van der Waals surface area contributed by atoms with Gasteiger partial charge in [0.1, 0.15) is 6.04 Å². The minimum atomic E-state index is -0.0631. The highest BCUT2D eigenvalue weighted by atomic mass is 16.5. The van der Waals surface area contributed by atoms with Gasteiger partial charge in [-0.3, -0.25) is 9.69 Å². The van der Waals surface area contributed by atoms with Crippen LogP contribution in [0.3, 0.4) is 0 Å². The summed E-state index contributed by atoms with van der Waals surface area (Å²) in [5.41, 5.74) is 0. The number of hydrogen-bond acceptors (Lipinski definition) is 3. The minimum Gasteiger partial charge on any atom is -0.468 e. The molecule has 0 aromatic heterocycles. The maximum Gasteiger partial charge on any atom is 0.324 e. The van der Waals surface area contributed by atoms with Crippen molar-refractivity contribution >= 4 is 5.97 Å². The fraction of sp³-hybridized carbons (Fsp3) is 0.857. The Bertz CT molecular complexity index is 165. The second-order valence-electron chi connectivity index (χ2n) is 2.97. The van der Waals surface area contributed by atoms with E-state index in [2.05, 4.69) is 9.64 Å². The zero-order valence-corrected chi connectivity index (χ0v) is 6.04. The molecule has 0 aromatic carbocycles. The van der Waals surface area contributed by atoms with E-state index in [4.69, 9.17) is 0 Å². The molecule has 10 heavy (non-hydrogen) atoms. The zero-order valence-electron chi connectivity index (χ0n) is 6.04.